The van der Waals surface area contributed by atoms with E-state index >= 15 is 0 Å². The maximum Gasteiger partial charge on any atom is 2.00 e. The Bertz CT molecular complexity index is 275. The normalized spacial score (nSPS) is 10.7. The first-order chi connectivity index (χ1) is 6.24. The van der Waals surface area contributed by atoms with E-state index in [-0.39, 0.29) is 48.7 Å². The van der Waals surface area contributed by atoms with Crippen molar-refractivity contribution in [1.82, 2.24) is 0 Å². The molecule has 0 atom stereocenters. The number of halogens is 2. The van der Waals surface area contributed by atoms with E-state index in [1.54, 1.807) is 6.92 Å². The zero-order chi connectivity index (χ0) is 10.3. The van der Waals surface area contributed by atoms with Crippen LogP contribution in [0.1, 0.15) is 20.8 Å². The molecule has 1 nitrogen and oxygen atoms in total. The molecule has 0 saturated heterocycles. The van der Waals surface area contributed by atoms with E-state index in [4.69, 9.17) is 0 Å². The molecule has 1 rings (SSSR count). The Labute approximate surface area is 121 Å². The van der Waals surface area contributed by atoms with Crippen LogP contribution < -0.4 is 12.4 Å². The van der Waals surface area contributed by atoms with E-state index in [0.717, 1.165) is 0 Å². The smallest absolute Gasteiger partial charge is 1.00 e. The van der Waals surface area contributed by atoms with Crippen molar-refractivity contribution in [3.05, 3.63) is 42.5 Å². The number of carbonyl (C=O) groups is 1. The van der Waals surface area contributed by atoms with Crippen molar-refractivity contribution in [2.24, 2.45) is 0 Å². The number of ketones is 1. The van der Waals surface area contributed by atoms with E-state index in [9.17, 15) is 9.18 Å². The molecule has 2 radical (unpaired) electrons. The second-order valence-electron chi connectivity index (χ2n) is 2.22. The van der Waals surface area contributed by atoms with Crippen molar-refractivity contribution < 1.29 is 21.6 Å². The van der Waals surface area contributed by atoms with Gasteiger partial charge >= 0.3 is 23.1 Å². The van der Waals surface area contributed by atoms with Gasteiger partial charge < -0.3 is 19.2 Å². The van der Waals surface area contributed by atoms with Gasteiger partial charge in [0.2, 0.25) is 11.6 Å². The second kappa shape index (κ2) is 14.9. The molecule has 0 aromatic carbocycles. The Hall–Kier alpha value is -0.149. The third-order valence-electron chi connectivity index (χ3n) is 1.40. The molecule has 0 N–H and O–H groups in total. The SMILES string of the molecule is C.CCC(=O)C1=CC(F)=C[C+]=C1.[B][CH2-].[Cl-].[Mg+2]. The summed E-state index contributed by atoms with van der Waals surface area (Å²) in [5.74, 6) is -0.468. The molecule has 1 aliphatic rings. The molecule has 16 heavy (non-hydrogen) atoms. The first-order valence-electron chi connectivity index (χ1n) is 3.84. The Balaban J connectivity index is -0.000000136. The summed E-state index contributed by atoms with van der Waals surface area (Å²) in [7, 11) is 4.25. The van der Waals surface area contributed by atoms with Gasteiger partial charge in [-0.1, -0.05) is 14.4 Å². The minimum atomic E-state index is -0.413. The van der Waals surface area contributed by atoms with Gasteiger partial charge in [-0.3, -0.25) is 4.79 Å². The van der Waals surface area contributed by atoms with Crippen LogP contribution in [0.2, 0.25) is 0 Å². The molecule has 0 heterocycles. The number of hydrogen-bond acceptors (Lipinski definition) is 1. The summed E-state index contributed by atoms with van der Waals surface area (Å²) in [5, 5.41) is 0. The van der Waals surface area contributed by atoms with Gasteiger partial charge in [-0.25, -0.2) is 0 Å². The molecule has 0 aliphatic heterocycles. The van der Waals surface area contributed by atoms with Crippen molar-refractivity contribution >= 4 is 36.7 Å². The Kier molecular flexibility index (Phi) is 23.1. The van der Waals surface area contributed by atoms with Gasteiger partial charge in [0.05, 0.1) is 6.08 Å². The first kappa shape index (κ1) is 24.9. The van der Waals surface area contributed by atoms with Gasteiger partial charge in [-0.05, 0) is 0 Å². The third-order valence-corrected chi connectivity index (χ3v) is 1.40. The average molecular weight is 252 g/mol. The minimum Gasteiger partial charge on any atom is -1.00 e. The van der Waals surface area contributed by atoms with E-state index in [1.807, 2.05) is 0 Å². The molecular weight excluding hydrogens is 238 g/mol. The van der Waals surface area contributed by atoms with E-state index in [0.29, 0.717) is 12.0 Å². The third kappa shape index (κ3) is 9.10. The van der Waals surface area contributed by atoms with Crippen LogP contribution in [-0.2, 0) is 4.79 Å². The predicted octanol–water partition coefficient (Wildman–Crippen LogP) is -0.676. The van der Waals surface area contributed by atoms with Crippen LogP contribution in [0.15, 0.2) is 29.6 Å². The fourth-order valence-corrected chi connectivity index (χ4v) is 0.808. The van der Waals surface area contributed by atoms with Crippen LogP contribution in [0, 0.1) is 12.9 Å². The molecule has 0 amide bonds. The molecule has 0 saturated carbocycles. The van der Waals surface area contributed by atoms with Gasteiger partial charge in [0.15, 0.2) is 0 Å². The van der Waals surface area contributed by atoms with Crippen LogP contribution in [0.5, 0.6) is 0 Å². The molecule has 5 heteroatoms. The van der Waals surface area contributed by atoms with Crippen LogP contribution in [0.4, 0.5) is 4.39 Å². The zero-order valence-corrected chi connectivity index (χ0v) is 10.8. The molecule has 0 spiro atoms. The van der Waals surface area contributed by atoms with E-state index in [1.165, 1.54) is 18.2 Å². The summed E-state index contributed by atoms with van der Waals surface area (Å²) in [6, 6.07) is 0. The minimum absolute atomic E-state index is 0. The molecule has 82 valence electrons. The van der Waals surface area contributed by atoms with Crippen LogP contribution in [0.25, 0.3) is 0 Å². The summed E-state index contributed by atoms with van der Waals surface area (Å²) in [5.41, 5.74) is 0.396. The molecule has 0 fully saturated rings. The second-order valence-corrected chi connectivity index (χ2v) is 2.22. The van der Waals surface area contributed by atoms with Crippen LogP contribution in [0.3, 0.4) is 0 Å². The van der Waals surface area contributed by atoms with Crippen molar-refractivity contribution in [1.29, 1.82) is 0 Å². The quantitative estimate of drug-likeness (QED) is 0.470. The standard InChI is InChI=1S/C9H8FO.CH2B.CH4.ClH.Mg/c1-2-9(11)7-4-3-5-8(10)6-7;1-2;;;/h4-6H,2H2,1H3;1H2;1H4;1H;/q+1;-1;;;+2/p-1. The summed E-state index contributed by atoms with van der Waals surface area (Å²) in [4.78, 5) is 11.0. The monoisotopic (exact) mass is 251 g/mol. The number of Topliss-reactive ketones (excluding diaryl/α,β-unsaturated/α-hetero) is 1. The van der Waals surface area contributed by atoms with E-state index < -0.39 is 5.83 Å². The first-order valence-corrected chi connectivity index (χ1v) is 3.84. The Morgan fingerprint density at radius 2 is 2.06 bits per heavy atom. The van der Waals surface area contributed by atoms with Gasteiger partial charge in [-0.2, -0.15) is 7.85 Å². The van der Waals surface area contributed by atoms with Crippen molar-refractivity contribution in [3.8, 4) is 0 Å². The van der Waals surface area contributed by atoms with Crippen LogP contribution >= 0.6 is 0 Å². The van der Waals surface area contributed by atoms with Crippen molar-refractivity contribution in [3.63, 3.8) is 0 Å². The largest absolute Gasteiger partial charge is 2.00 e. The van der Waals surface area contributed by atoms with Gasteiger partial charge in [0.1, 0.15) is 17.7 Å². The number of hydrogen-bond donors (Lipinski definition) is 0. The van der Waals surface area contributed by atoms with Gasteiger partial charge in [0, 0.05) is 12.5 Å². The Morgan fingerprint density at radius 3 is 2.44 bits per heavy atom. The topological polar surface area (TPSA) is 17.1 Å². The fraction of sp³-hybridized carbons (Fsp3) is 0.273. The molecule has 0 aromatic heterocycles. The van der Waals surface area contributed by atoms with Gasteiger partial charge in [0.25, 0.3) is 0 Å². The Morgan fingerprint density at radius 1 is 1.56 bits per heavy atom. The fourth-order valence-electron chi connectivity index (χ4n) is 0.808. The zero-order valence-electron chi connectivity index (χ0n) is 8.59. The summed E-state index contributed by atoms with van der Waals surface area (Å²) < 4.78 is 12.5. The summed E-state index contributed by atoms with van der Waals surface area (Å²) in [6.45, 7) is 4.49. The predicted molar refractivity (Wildman–Crippen MR) is 64.0 cm³/mol. The maximum atomic E-state index is 12.5. The number of allylic oxidation sites excluding steroid dienone is 6. The molecule has 0 unspecified atom stereocenters. The average Bonchev–Trinajstić information content (AvgIpc) is 2.20. The summed E-state index contributed by atoms with van der Waals surface area (Å²) >= 11 is 0. The molecule has 1 aliphatic carbocycles. The number of carbonyl (C=O) groups excluding carboxylic acids is 1. The van der Waals surface area contributed by atoms with Crippen molar-refractivity contribution in [2.75, 3.05) is 0 Å². The number of rotatable bonds is 2. The molecular formula is C11H14BClFMgO+. The van der Waals surface area contributed by atoms with Gasteiger partial charge in [-0.15, -0.1) is 4.39 Å². The summed E-state index contributed by atoms with van der Waals surface area (Å²) in [6.07, 6.45) is 6.87. The van der Waals surface area contributed by atoms with Crippen LogP contribution in [-0.4, -0.2) is 36.7 Å². The van der Waals surface area contributed by atoms with E-state index in [2.05, 4.69) is 20.7 Å². The molecule has 0 aromatic rings. The van der Waals surface area contributed by atoms with Crippen molar-refractivity contribution in [2.45, 2.75) is 20.8 Å². The maximum absolute atomic E-state index is 12.5. The molecule has 0 bridgehead atoms.